The maximum absolute atomic E-state index is 11.7. The number of hydrogen-bond acceptors (Lipinski definition) is 3. The Morgan fingerprint density at radius 3 is 2.54 bits per heavy atom. The van der Waals surface area contributed by atoms with E-state index in [2.05, 4.69) is 15.4 Å². The van der Waals surface area contributed by atoms with Gasteiger partial charge in [0.25, 0.3) is 0 Å². The molecule has 0 bridgehead atoms. The van der Waals surface area contributed by atoms with E-state index in [0.717, 1.165) is 22.7 Å². The van der Waals surface area contributed by atoms with Gasteiger partial charge in [-0.05, 0) is 48.4 Å². The zero-order valence-electron chi connectivity index (χ0n) is 15.6. The molecule has 1 unspecified atom stereocenters. The maximum atomic E-state index is 11.7. The van der Waals surface area contributed by atoms with E-state index in [-0.39, 0.29) is 0 Å². The van der Waals surface area contributed by atoms with Crippen LogP contribution >= 0.6 is 11.6 Å². The standard InChI is InChI=1S/C21H20ClN3O2S/c1-3-21(13-5-14-23,16-8-10-17(22)11-9-16)25-15-12-18-19(24-28(2,26)27)6-4-7-20(18)25/h4-13,15,24H,3H2,1-2H3/b13-5+. The van der Waals surface area contributed by atoms with E-state index in [4.69, 9.17) is 16.9 Å². The van der Waals surface area contributed by atoms with Crippen LogP contribution in [-0.4, -0.2) is 19.2 Å². The van der Waals surface area contributed by atoms with Crippen molar-refractivity contribution >= 4 is 38.2 Å². The number of halogens is 1. The van der Waals surface area contributed by atoms with Gasteiger partial charge in [0, 0.05) is 22.7 Å². The Kier molecular flexibility index (Phi) is 5.50. The molecule has 0 saturated heterocycles. The number of sulfonamides is 1. The van der Waals surface area contributed by atoms with Gasteiger partial charge < -0.3 is 4.57 Å². The van der Waals surface area contributed by atoms with Crippen molar-refractivity contribution in [3.63, 3.8) is 0 Å². The molecule has 28 heavy (non-hydrogen) atoms. The van der Waals surface area contributed by atoms with Crippen molar-refractivity contribution in [1.82, 2.24) is 4.57 Å². The largest absolute Gasteiger partial charge is 0.334 e. The highest BCUT2D eigenvalue weighted by Gasteiger charge is 2.31. The summed E-state index contributed by atoms with van der Waals surface area (Å²) in [6.07, 6.45) is 7.07. The Bertz CT molecular complexity index is 1170. The summed E-state index contributed by atoms with van der Waals surface area (Å²) in [5, 5.41) is 10.6. The molecule has 5 nitrogen and oxygen atoms in total. The zero-order valence-corrected chi connectivity index (χ0v) is 17.1. The van der Waals surface area contributed by atoms with E-state index < -0.39 is 15.6 Å². The average molecular weight is 414 g/mol. The van der Waals surface area contributed by atoms with Crippen molar-refractivity contribution in [2.24, 2.45) is 0 Å². The molecule has 3 aromatic rings. The molecule has 1 heterocycles. The summed E-state index contributed by atoms with van der Waals surface area (Å²) in [4.78, 5) is 0. The van der Waals surface area contributed by atoms with Gasteiger partial charge in [-0.25, -0.2) is 8.42 Å². The van der Waals surface area contributed by atoms with Crippen LogP contribution in [0.5, 0.6) is 0 Å². The fraction of sp³-hybridized carbons (Fsp3) is 0.190. The highest BCUT2D eigenvalue weighted by molar-refractivity contribution is 7.92. The normalized spacial score (nSPS) is 14.1. The van der Waals surface area contributed by atoms with Crippen molar-refractivity contribution in [2.75, 3.05) is 11.0 Å². The van der Waals surface area contributed by atoms with Gasteiger partial charge in [-0.2, -0.15) is 5.26 Å². The van der Waals surface area contributed by atoms with E-state index in [1.165, 1.54) is 6.08 Å². The molecular weight excluding hydrogens is 394 g/mol. The lowest BCUT2D eigenvalue weighted by Gasteiger charge is -2.33. The molecule has 2 aromatic carbocycles. The molecule has 7 heteroatoms. The predicted molar refractivity (Wildman–Crippen MR) is 114 cm³/mol. The van der Waals surface area contributed by atoms with E-state index >= 15 is 0 Å². The summed E-state index contributed by atoms with van der Waals surface area (Å²) < 4.78 is 28.1. The second kappa shape index (κ2) is 7.70. The van der Waals surface area contributed by atoms with Crippen LogP contribution in [0.2, 0.25) is 5.02 Å². The number of hydrogen-bond donors (Lipinski definition) is 1. The number of aromatic nitrogens is 1. The molecule has 0 aliphatic heterocycles. The van der Waals surface area contributed by atoms with E-state index in [0.29, 0.717) is 17.1 Å². The summed E-state index contributed by atoms with van der Waals surface area (Å²) in [6, 6.07) is 17.0. The third-order valence-electron chi connectivity index (χ3n) is 4.77. The summed E-state index contributed by atoms with van der Waals surface area (Å²) in [6.45, 7) is 2.04. The van der Waals surface area contributed by atoms with Crippen LogP contribution in [0.15, 0.2) is 66.9 Å². The number of benzene rings is 2. The van der Waals surface area contributed by atoms with Gasteiger partial charge in [0.1, 0.15) is 0 Å². The second-order valence-corrected chi connectivity index (χ2v) is 8.73. The van der Waals surface area contributed by atoms with Crippen LogP contribution < -0.4 is 4.72 Å². The average Bonchev–Trinajstić information content (AvgIpc) is 3.09. The number of nitrogens with zero attached hydrogens (tertiary/aromatic N) is 2. The maximum Gasteiger partial charge on any atom is 0.229 e. The molecule has 0 radical (unpaired) electrons. The van der Waals surface area contributed by atoms with E-state index in [1.54, 1.807) is 6.07 Å². The summed E-state index contributed by atoms with van der Waals surface area (Å²) in [5.74, 6) is 0. The Morgan fingerprint density at radius 1 is 1.21 bits per heavy atom. The Balaban J connectivity index is 2.28. The Labute approximate surface area is 169 Å². The fourth-order valence-corrected chi connectivity index (χ4v) is 4.23. The zero-order chi connectivity index (χ0) is 20.4. The highest BCUT2D eigenvalue weighted by atomic mass is 35.5. The number of rotatable bonds is 6. The van der Waals surface area contributed by atoms with Crippen molar-refractivity contribution in [3.05, 3.63) is 77.5 Å². The highest BCUT2D eigenvalue weighted by Crippen LogP contribution is 2.37. The van der Waals surface area contributed by atoms with Crippen LogP contribution in [0.25, 0.3) is 10.9 Å². The van der Waals surface area contributed by atoms with Crippen molar-refractivity contribution in [3.8, 4) is 6.07 Å². The number of anilines is 1. The lowest BCUT2D eigenvalue weighted by Crippen LogP contribution is -2.31. The minimum atomic E-state index is -3.40. The van der Waals surface area contributed by atoms with Crippen molar-refractivity contribution in [2.45, 2.75) is 18.9 Å². The molecule has 0 spiro atoms. The molecule has 1 aromatic heterocycles. The van der Waals surface area contributed by atoms with Gasteiger partial charge in [0.15, 0.2) is 0 Å². The number of allylic oxidation sites excluding steroid dienone is 2. The second-order valence-electron chi connectivity index (χ2n) is 6.55. The van der Waals surface area contributed by atoms with Crippen LogP contribution in [0.1, 0.15) is 18.9 Å². The predicted octanol–water partition coefficient (Wildman–Crippen LogP) is 4.90. The molecule has 1 atom stereocenters. The van der Waals surface area contributed by atoms with E-state index in [9.17, 15) is 8.42 Å². The van der Waals surface area contributed by atoms with Crippen LogP contribution in [0.4, 0.5) is 5.69 Å². The molecular formula is C21H20ClN3O2S. The minimum absolute atomic E-state index is 0.518. The first-order chi connectivity index (χ1) is 13.3. The molecule has 1 N–H and O–H groups in total. The number of fused-ring (bicyclic) bond motifs is 1. The quantitative estimate of drug-likeness (QED) is 0.584. The molecule has 144 valence electrons. The third-order valence-corrected chi connectivity index (χ3v) is 5.62. The van der Waals surface area contributed by atoms with Gasteiger partial charge in [0.05, 0.1) is 29.1 Å². The Morgan fingerprint density at radius 2 is 1.93 bits per heavy atom. The van der Waals surface area contributed by atoms with Gasteiger partial charge in [-0.1, -0.05) is 36.7 Å². The first-order valence-corrected chi connectivity index (χ1v) is 11.0. The molecule has 0 aliphatic rings. The number of nitrogens with one attached hydrogen (secondary N) is 1. The SMILES string of the molecule is CCC(/C=C/C#N)(c1ccc(Cl)cc1)n1ccc2c(NS(C)(=O)=O)cccc21. The van der Waals surface area contributed by atoms with Gasteiger partial charge in [-0.15, -0.1) is 0 Å². The first kappa shape index (κ1) is 20.0. The van der Waals surface area contributed by atoms with Gasteiger partial charge in [-0.3, -0.25) is 4.72 Å². The van der Waals surface area contributed by atoms with E-state index in [1.807, 2.05) is 61.7 Å². The van der Waals surface area contributed by atoms with Crippen molar-refractivity contribution in [1.29, 1.82) is 5.26 Å². The van der Waals surface area contributed by atoms with Crippen LogP contribution in [0.3, 0.4) is 0 Å². The molecule has 0 fully saturated rings. The lowest BCUT2D eigenvalue weighted by atomic mass is 9.86. The van der Waals surface area contributed by atoms with Crippen LogP contribution in [0, 0.1) is 11.3 Å². The third kappa shape index (κ3) is 3.77. The van der Waals surface area contributed by atoms with Gasteiger partial charge in [0.2, 0.25) is 10.0 Å². The fourth-order valence-electron chi connectivity index (χ4n) is 3.53. The first-order valence-electron chi connectivity index (χ1n) is 8.72. The summed E-state index contributed by atoms with van der Waals surface area (Å²) >= 11 is 6.07. The topological polar surface area (TPSA) is 74.9 Å². The lowest BCUT2D eigenvalue weighted by molar-refractivity contribution is 0.447. The van der Waals surface area contributed by atoms with Crippen LogP contribution in [-0.2, 0) is 15.6 Å². The van der Waals surface area contributed by atoms with Gasteiger partial charge >= 0.3 is 0 Å². The molecule has 3 rings (SSSR count). The monoisotopic (exact) mass is 413 g/mol. The summed E-state index contributed by atoms with van der Waals surface area (Å²) in [5.41, 5.74) is 1.73. The molecule has 0 amide bonds. The summed E-state index contributed by atoms with van der Waals surface area (Å²) in [7, 11) is -3.40. The Hall–Kier alpha value is -2.75. The number of nitriles is 1. The molecule has 0 aliphatic carbocycles. The smallest absolute Gasteiger partial charge is 0.229 e. The molecule has 0 saturated carbocycles. The minimum Gasteiger partial charge on any atom is -0.334 e. The van der Waals surface area contributed by atoms with Crippen molar-refractivity contribution < 1.29 is 8.42 Å².